The van der Waals surface area contributed by atoms with Gasteiger partial charge in [-0.25, -0.2) is 9.97 Å². The van der Waals surface area contributed by atoms with Crippen molar-refractivity contribution >= 4 is 71.3 Å². The molecule has 13 rings (SSSR count). The zero-order chi connectivity index (χ0) is 41.4. The molecule has 7 heteroatoms. The van der Waals surface area contributed by atoms with Crippen molar-refractivity contribution in [1.82, 2.24) is 29.1 Å². The molecule has 0 aliphatic heterocycles. The lowest BCUT2D eigenvalue weighted by atomic mass is 9.96. The Balaban J connectivity index is 0.934. The van der Waals surface area contributed by atoms with Gasteiger partial charge < -0.3 is 8.98 Å². The van der Waals surface area contributed by atoms with Crippen LogP contribution < -0.4 is 0 Å². The molecular formula is C56H36N6O. The van der Waals surface area contributed by atoms with E-state index >= 15 is 0 Å². The van der Waals surface area contributed by atoms with E-state index in [0.717, 1.165) is 113 Å². The minimum atomic E-state index is 0.780. The van der Waals surface area contributed by atoms with Crippen molar-refractivity contribution in [2.45, 2.75) is 12.8 Å². The third kappa shape index (κ3) is 5.74. The van der Waals surface area contributed by atoms with Gasteiger partial charge in [0.25, 0.3) is 0 Å². The molecule has 0 unspecified atom stereocenters. The van der Waals surface area contributed by atoms with E-state index in [1.165, 1.54) is 21.9 Å². The third-order valence-electron chi connectivity index (χ3n) is 12.5. The van der Waals surface area contributed by atoms with Gasteiger partial charge in [0.2, 0.25) is 0 Å². The summed E-state index contributed by atoms with van der Waals surface area (Å²) < 4.78 is 10.8. The van der Waals surface area contributed by atoms with Gasteiger partial charge in [-0.2, -0.15) is 0 Å². The van der Waals surface area contributed by atoms with Crippen molar-refractivity contribution in [3.05, 3.63) is 200 Å². The van der Waals surface area contributed by atoms with Gasteiger partial charge >= 0.3 is 0 Å². The molecule has 296 valence electrons. The maximum atomic E-state index is 6.14. The Morgan fingerprint density at radius 2 is 1.22 bits per heavy atom. The van der Waals surface area contributed by atoms with Crippen molar-refractivity contribution < 1.29 is 4.42 Å². The zero-order valence-electron chi connectivity index (χ0n) is 34.0. The number of rotatable bonds is 6. The Kier molecular flexibility index (Phi) is 7.90. The fourth-order valence-electron chi connectivity index (χ4n) is 9.57. The van der Waals surface area contributed by atoms with E-state index in [9.17, 15) is 0 Å². The highest BCUT2D eigenvalue weighted by atomic mass is 16.3. The largest absolute Gasteiger partial charge is 0.454 e. The van der Waals surface area contributed by atoms with Crippen molar-refractivity contribution in [2.75, 3.05) is 0 Å². The molecule has 63 heavy (non-hydrogen) atoms. The van der Waals surface area contributed by atoms with Crippen LogP contribution in [0.1, 0.15) is 18.4 Å². The molecule has 6 aromatic heterocycles. The highest BCUT2D eigenvalue weighted by Crippen LogP contribution is 2.39. The number of benzene rings is 6. The first-order valence-electron chi connectivity index (χ1n) is 21.3. The summed E-state index contributed by atoms with van der Waals surface area (Å²) in [6.45, 7) is 0. The summed E-state index contributed by atoms with van der Waals surface area (Å²) in [5, 5.41) is 5.62. The van der Waals surface area contributed by atoms with E-state index in [1.54, 1.807) is 0 Å². The highest BCUT2D eigenvalue weighted by molar-refractivity contribution is 6.12. The van der Waals surface area contributed by atoms with E-state index in [0.29, 0.717) is 0 Å². The number of hydrogen-bond donors (Lipinski definition) is 0. The number of pyridine rings is 2. The van der Waals surface area contributed by atoms with Crippen LogP contribution in [0, 0.1) is 0 Å². The Labute approximate surface area is 361 Å². The minimum absolute atomic E-state index is 0.780. The van der Waals surface area contributed by atoms with Gasteiger partial charge in [-0.05, 0) is 96.8 Å². The number of nitrogens with zero attached hydrogens (tertiary/aromatic N) is 6. The Hall–Kier alpha value is -8.42. The van der Waals surface area contributed by atoms with E-state index in [4.69, 9.17) is 19.4 Å². The molecule has 1 aliphatic carbocycles. The Morgan fingerprint density at radius 3 is 2.06 bits per heavy atom. The van der Waals surface area contributed by atoms with Crippen LogP contribution in [-0.2, 0) is 0 Å². The van der Waals surface area contributed by atoms with Crippen LogP contribution >= 0.6 is 0 Å². The summed E-state index contributed by atoms with van der Waals surface area (Å²) in [5.74, 6) is 0.894. The predicted octanol–water partition coefficient (Wildman–Crippen LogP) is 14.1. The molecule has 0 saturated carbocycles. The van der Waals surface area contributed by atoms with Crippen molar-refractivity contribution in [3.63, 3.8) is 0 Å². The number of furan rings is 1. The average molecular weight is 809 g/mol. The molecule has 0 saturated heterocycles. The van der Waals surface area contributed by atoms with E-state index in [2.05, 4.69) is 172 Å². The maximum absolute atomic E-state index is 6.14. The lowest BCUT2D eigenvalue weighted by Gasteiger charge is -2.15. The number of fused-ring (bicyclic) bond motifs is 9. The van der Waals surface area contributed by atoms with Crippen LogP contribution in [0.2, 0.25) is 0 Å². The molecule has 12 aromatic rings. The summed E-state index contributed by atoms with van der Waals surface area (Å²) in [4.78, 5) is 20.0. The second-order valence-electron chi connectivity index (χ2n) is 16.2. The Morgan fingerprint density at radius 1 is 0.476 bits per heavy atom. The van der Waals surface area contributed by atoms with Crippen LogP contribution in [0.25, 0.3) is 117 Å². The summed E-state index contributed by atoms with van der Waals surface area (Å²) in [6, 6.07) is 55.6. The van der Waals surface area contributed by atoms with E-state index < -0.39 is 0 Å². The topological polar surface area (TPSA) is 74.6 Å². The first-order valence-corrected chi connectivity index (χ1v) is 21.3. The SMILES string of the molecule is C1=CCCC(c2cc(-c3ccccc3)nc(-n3c4ccccc4c4cc(-c5cncc(-c6ccc7c8ccccc8n(-c8ccc9oc%10cccnc%10c9c8)c7c6)n5)ccc43)c2)=C1. The minimum Gasteiger partial charge on any atom is -0.454 e. The molecule has 0 fully saturated rings. The number of aromatic nitrogens is 6. The third-order valence-corrected chi connectivity index (χ3v) is 12.5. The van der Waals surface area contributed by atoms with Crippen LogP contribution in [0.3, 0.4) is 0 Å². The summed E-state index contributed by atoms with van der Waals surface area (Å²) in [6.07, 6.45) is 14.2. The molecule has 0 amide bonds. The van der Waals surface area contributed by atoms with Crippen molar-refractivity contribution in [3.8, 4) is 45.3 Å². The van der Waals surface area contributed by atoms with Crippen molar-refractivity contribution in [2.24, 2.45) is 0 Å². The van der Waals surface area contributed by atoms with Crippen molar-refractivity contribution in [1.29, 1.82) is 0 Å². The summed E-state index contributed by atoms with van der Waals surface area (Å²) in [5.41, 5.74) is 16.0. The second kappa shape index (κ2) is 14.1. The molecule has 7 nitrogen and oxygen atoms in total. The van der Waals surface area contributed by atoms with Crippen LogP contribution in [0.5, 0.6) is 0 Å². The number of para-hydroxylation sites is 2. The Bertz CT molecular complexity index is 3870. The molecule has 0 N–H and O–H groups in total. The van der Waals surface area contributed by atoms with Gasteiger partial charge in [0, 0.05) is 55.5 Å². The lowest BCUT2D eigenvalue weighted by molar-refractivity contribution is 0.668. The molecule has 6 heterocycles. The van der Waals surface area contributed by atoms with Crippen LogP contribution in [-0.4, -0.2) is 29.1 Å². The summed E-state index contributed by atoms with van der Waals surface area (Å²) >= 11 is 0. The van der Waals surface area contributed by atoms with Gasteiger partial charge in [0.05, 0.1) is 51.5 Å². The molecular weight excluding hydrogens is 773 g/mol. The van der Waals surface area contributed by atoms with Crippen LogP contribution in [0.4, 0.5) is 0 Å². The highest BCUT2D eigenvalue weighted by Gasteiger charge is 2.19. The molecule has 0 bridgehead atoms. The fraction of sp³-hybridized carbons (Fsp3) is 0.0357. The van der Waals surface area contributed by atoms with Gasteiger partial charge in [0.15, 0.2) is 5.58 Å². The normalized spacial score (nSPS) is 13.0. The van der Waals surface area contributed by atoms with E-state index in [1.807, 2.05) is 36.8 Å². The first kappa shape index (κ1) is 35.3. The standard InChI is InChI=1S/C56H36N6O/c1-3-12-35(13-4-1)39-29-46(36-14-5-2-6-15-36)60-55(31-39)62-50-19-10-8-17-42(50)44-28-37(22-25-51(44)62)47-33-57-34-48(59-47)38-21-24-43-41-16-7-9-18-49(41)61(52(43)30-38)40-23-26-53-45(32-40)56-54(63-53)20-11-27-58-56/h1-3,5-12,14-34H,4,13H2. The summed E-state index contributed by atoms with van der Waals surface area (Å²) in [7, 11) is 0. The van der Waals surface area contributed by atoms with Gasteiger partial charge in [-0.1, -0.05) is 103 Å². The van der Waals surface area contributed by atoms with E-state index in [-0.39, 0.29) is 0 Å². The molecule has 0 atom stereocenters. The van der Waals surface area contributed by atoms with Gasteiger partial charge in [-0.3, -0.25) is 14.5 Å². The smallest absolute Gasteiger partial charge is 0.153 e. The molecule has 6 aromatic carbocycles. The first-order chi connectivity index (χ1) is 31.2. The number of hydrogen-bond acceptors (Lipinski definition) is 5. The number of allylic oxidation sites excluding steroid dienone is 4. The maximum Gasteiger partial charge on any atom is 0.153 e. The molecule has 0 radical (unpaired) electrons. The monoisotopic (exact) mass is 808 g/mol. The average Bonchev–Trinajstić information content (AvgIpc) is 4.01. The zero-order valence-corrected chi connectivity index (χ0v) is 34.0. The molecule has 0 spiro atoms. The quantitative estimate of drug-likeness (QED) is 0.167. The predicted molar refractivity (Wildman–Crippen MR) is 256 cm³/mol. The van der Waals surface area contributed by atoms with Gasteiger partial charge in [0.1, 0.15) is 16.9 Å². The van der Waals surface area contributed by atoms with Crippen LogP contribution in [0.15, 0.2) is 199 Å². The fourth-order valence-corrected chi connectivity index (χ4v) is 9.57. The lowest BCUT2D eigenvalue weighted by Crippen LogP contribution is -2.01. The second-order valence-corrected chi connectivity index (χ2v) is 16.2. The molecule has 1 aliphatic rings. The van der Waals surface area contributed by atoms with Gasteiger partial charge in [-0.15, -0.1) is 0 Å².